The van der Waals surface area contributed by atoms with Crippen molar-refractivity contribution in [3.8, 4) is 0 Å². The van der Waals surface area contributed by atoms with Gasteiger partial charge in [0, 0.05) is 12.3 Å². The number of hydrogen-bond donors (Lipinski definition) is 2. The maximum Gasteiger partial charge on any atom is 0.233 e. The van der Waals surface area contributed by atoms with Crippen molar-refractivity contribution in [3.63, 3.8) is 0 Å². The number of rotatable bonds is 6. The topological polar surface area (TPSA) is 106 Å². The molecule has 0 radical (unpaired) electrons. The second-order valence-electron chi connectivity index (χ2n) is 4.43. The molecule has 0 fully saturated rings. The Labute approximate surface area is 114 Å². The molecule has 0 bridgehead atoms. The average molecular weight is 306 g/mol. The van der Waals surface area contributed by atoms with Crippen LogP contribution < -0.4 is 10.5 Å². The van der Waals surface area contributed by atoms with Gasteiger partial charge >= 0.3 is 0 Å². The van der Waals surface area contributed by atoms with Gasteiger partial charge in [-0.2, -0.15) is 0 Å². The SMILES string of the molecule is CC(N)c1ccccc1NS(=O)(=O)CCS(C)(=O)=O. The number of nitrogens with two attached hydrogens (primary N) is 1. The molecule has 0 saturated carbocycles. The fourth-order valence-corrected chi connectivity index (χ4v) is 4.18. The molecule has 1 aromatic carbocycles. The minimum Gasteiger partial charge on any atom is -0.324 e. The Balaban J connectivity index is 2.90. The van der Waals surface area contributed by atoms with E-state index < -0.39 is 31.4 Å². The largest absolute Gasteiger partial charge is 0.324 e. The van der Waals surface area contributed by atoms with Gasteiger partial charge in [0.15, 0.2) is 0 Å². The van der Waals surface area contributed by atoms with Crippen LogP contribution in [0.25, 0.3) is 0 Å². The molecule has 6 nitrogen and oxygen atoms in total. The zero-order valence-corrected chi connectivity index (χ0v) is 12.5. The van der Waals surface area contributed by atoms with Gasteiger partial charge in [-0.3, -0.25) is 4.72 Å². The average Bonchev–Trinajstić information content (AvgIpc) is 2.26. The Bertz CT molecular complexity index is 636. The summed E-state index contributed by atoms with van der Waals surface area (Å²) >= 11 is 0. The lowest BCUT2D eigenvalue weighted by Gasteiger charge is -2.14. The molecule has 0 aliphatic heterocycles. The quantitative estimate of drug-likeness (QED) is 0.795. The van der Waals surface area contributed by atoms with E-state index in [2.05, 4.69) is 4.72 Å². The van der Waals surface area contributed by atoms with Crippen LogP contribution in [0, 0.1) is 0 Å². The summed E-state index contributed by atoms with van der Waals surface area (Å²) in [5.74, 6) is -0.887. The van der Waals surface area contributed by atoms with E-state index in [-0.39, 0.29) is 6.04 Å². The van der Waals surface area contributed by atoms with Gasteiger partial charge in [0.1, 0.15) is 9.84 Å². The zero-order valence-electron chi connectivity index (χ0n) is 10.8. The molecule has 0 amide bonds. The van der Waals surface area contributed by atoms with E-state index in [1.54, 1.807) is 31.2 Å². The number of benzene rings is 1. The third-order valence-electron chi connectivity index (χ3n) is 2.44. The van der Waals surface area contributed by atoms with Crippen molar-refractivity contribution in [1.82, 2.24) is 0 Å². The van der Waals surface area contributed by atoms with Crippen molar-refractivity contribution in [2.24, 2.45) is 5.73 Å². The highest BCUT2D eigenvalue weighted by molar-refractivity contribution is 7.95. The van der Waals surface area contributed by atoms with E-state index in [0.29, 0.717) is 11.3 Å². The van der Waals surface area contributed by atoms with Crippen LogP contribution in [0.2, 0.25) is 0 Å². The normalized spacial score (nSPS) is 14.1. The van der Waals surface area contributed by atoms with Gasteiger partial charge in [-0.15, -0.1) is 0 Å². The fraction of sp³-hybridized carbons (Fsp3) is 0.455. The van der Waals surface area contributed by atoms with Crippen LogP contribution >= 0.6 is 0 Å². The van der Waals surface area contributed by atoms with Crippen molar-refractivity contribution >= 4 is 25.5 Å². The third-order valence-corrected chi connectivity index (χ3v) is 4.92. The highest BCUT2D eigenvalue weighted by Gasteiger charge is 2.16. The summed E-state index contributed by atoms with van der Waals surface area (Å²) in [6.45, 7) is 1.74. The monoisotopic (exact) mass is 306 g/mol. The van der Waals surface area contributed by atoms with Gasteiger partial charge in [-0.25, -0.2) is 16.8 Å². The van der Waals surface area contributed by atoms with Crippen LogP contribution in [0.4, 0.5) is 5.69 Å². The Kier molecular flexibility index (Phi) is 4.94. The standard InChI is InChI=1S/C11H18N2O4S2/c1-9(12)10-5-3-4-6-11(10)13-19(16,17)8-7-18(2,14)15/h3-6,9,13H,7-8,12H2,1-2H3. The molecule has 1 rings (SSSR count). The molecule has 0 heterocycles. The first-order valence-electron chi connectivity index (χ1n) is 5.63. The lowest BCUT2D eigenvalue weighted by Crippen LogP contribution is -2.23. The molecule has 19 heavy (non-hydrogen) atoms. The molecule has 0 aliphatic carbocycles. The number of sulfonamides is 1. The summed E-state index contributed by atoms with van der Waals surface area (Å²) in [5, 5.41) is 0. The van der Waals surface area contributed by atoms with E-state index >= 15 is 0 Å². The fourth-order valence-electron chi connectivity index (χ4n) is 1.47. The second kappa shape index (κ2) is 5.89. The van der Waals surface area contributed by atoms with E-state index in [1.165, 1.54) is 0 Å². The minimum absolute atomic E-state index is 0.325. The van der Waals surface area contributed by atoms with Crippen molar-refractivity contribution in [3.05, 3.63) is 29.8 Å². The molecule has 1 unspecified atom stereocenters. The van der Waals surface area contributed by atoms with E-state index in [9.17, 15) is 16.8 Å². The smallest absolute Gasteiger partial charge is 0.233 e. The van der Waals surface area contributed by atoms with Gasteiger partial charge in [0.25, 0.3) is 0 Å². The predicted molar refractivity (Wildman–Crippen MR) is 76.2 cm³/mol. The van der Waals surface area contributed by atoms with E-state index in [0.717, 1.165) is 6.26 Å². The molecular formula is C11H18N2O4S2. The molecule has 0 spiro atoms. The molecular weight excluding hydrogens is 288 g/mol. The van der Waals surface area contributed by atoms with Crippen molar-refractivity contribution < 1.29 is 16.8 Å². The van der Waals surface area contributed by atoms with Gasteiger partial charge < -0.3 is 5.73 Å². The summed E-state index contributed by atoms with van der Waals surface area (Å²) in [6.07, 6.45) is 0.998. The molecule has 1 aromatic rings. The first kappa shape index (κ1) is 15.9. The summed E-state index contributed by atoms with van der Waals surface area (Å²) in [4.78, 5) is 0. The molecule has 3 N–H and O–H groups in total. The Morgan fingerprint density at radius 2 is 1.74 bits per heavy atom. The van der Waals surface area contributed by atoms with E-state index in [4.69, 9.17) is 5.73 Å². The Morgan fingerprint density at radius 1 is 1.16 bits per heavy atom. The Hall–Kier alpha value is -1.12. The zero-order chi connectivity index (χ0) is 14.7. The molecule has 0 aliphatic rings. The van der Waals surface area contributed by atoms with Crippen LogP contribution in [0.1, 0.15) is 18.5 Å². The first-order chi connectivity index (χ1) is 8.61. The molecule has 8 heteroatoms. The lowest BCUT2D eigenvalue weighted by atomic mass is 10.1. The van der Waals surface area contributed by atoms with Crippen LogP contribution in [-0.4, -0.2) is 34.6 Å². The highest BCUT2D eigenvalue weighted by atomic mass is 32.2. The summed E-state index contributed by atoms with van der Waals surface area (Å²) in [5.41, 5.74) is 6.78. The third kappa shape index (κ3) is 5.58. The Morgan fingerprint density at radius 3 is 2.26 bits per heavy atom. The van der Waals surface area contributed by atoms with Crippen molar-refractivity contribution in [2.45, 2.75) is 13.0 Å². The van der Waals surface area contributed by atoms with Gasteiger partial charge in [-0.05, 0) is 18.6 Å². The number of sulfone groups is 1. The number of nitrogens with one attached hydrogen (secondary N) is 1. The van der Waals surface area contributed by atoms with Gasteiger partial charge in [-0.1, -0.05) is 18.2 Å². The highest BCUT2D eigenvalue weighted by Crippen LogP contribution is 2.21. The number of anilines is 1. The number of para-hydroxylation sites is 1. The minimum atomic E-state index is -3.71. The van der Waals surface area contributed by atoms with E-state index in [1.807, 2.05) is 0 Å². The van der Waals surface area contributed by atoms with Gasteiger partial charge in [0.2, 0.25) is 10.0 Å². The number of hydrogen-bond acceptors (Lipinski definition) is 5. The molecule has 108 valence electrons. The van der Waals surface area contributed by atoms with Crippen molar-refractivity contribution in [2.75, 3.05) is 22.5 Å². The van der Waals surface area contributed by atoms with Crippen LogP contribution in [0.15, 0.2) is 24.3 Å². The predicted octanol–water partition coefficient (Wildman–Crippen LogP) is 0.493. The summed E-state index contributed by atoms with van der Waals surface area (Å²) in [6, 6.07) is 6.43. The maximum absolute atomic E-state index is 11.8. The van der Waals surface area contributed by atoms with Gasteiger partial charge in [0.05, 0.1) is 17.2 Å². The first-order valence-corrected chi connectivity index (χ1v) is 9.35. The summed E-state index contributed by atoms with van der Waals surface area (Å²) in [7, 11) is -7.03. The molecule has 0 saturated heterocycles. The molecule has 0 aromatic heterocycles. The van der Waals surface area contributed by atoms with Crippen molar-refractivity contribution in [1.29, 1.82) is 0 Å². The summed E-state index contributed by atoms with van der Waals surface area (Å²) < 4.78 is 48.0. The molecule has 1 atom stereocenters. The second-order valence-corrected chi connectivity index (χ2v) is 8.53. The maximum atomic E-state index is 11.8. The van der Waals surface area contributed by atoms with Crippen LogP contribution in [0.3, 0.4) is 0 Å². The lowest BCUT2D eigenvalue weighted by molar-refractivity contribution is 0.593. The van der Waals surface area contributed by atoms with Crippen LogP contribution in [0.5, 0.6) is 0 Å². The van der Waals surface area contributed by atoms with Crippen LogP contribution in [-0.2, 0) is 19.9 Å².